The molecule has 0 heterocycles. The van der Waals surface area contributed by atoms with E-state index < -0.39 is 0 Å². The van der Waals surface area contributed by atoms with E-state index in [1.165, 1.54) is 7.11 Å². The molecule has 0 aliphatic rings. The zero-order chi connectivity index (χ0) is 11.7. The van der Waals surface area contributed by atoms with Crippen LogP contribution in [0.5, 0.6) is 0 Å². The van der Waals surface area contributed by atoms with Crippen molar-refractivity contribution >= 4 is 11.9 Å². The van der Waals surface area contributed by atoms with Gasteiger partial charge in [0.25, 0.3) is 0 Å². The van der Waals surface area contributed by atoms with E-state index in [9.17, 15) is 9.59 Å². The van der Waals surface area contributed by atoms with Crippen LogP contribution in [0.3, 0.4) is 0 Å². The molecule has 1 N–H and O–H groups in total. The zero-order valence-corrected chi connectivity index (χ0v) is 9.71. The first-order valence-electron chi connectivity index (χ1n) is 5.13. The van der Waals surface area contributed by atoms with Crippen LogP contribution in [0.2, 0.25) is 0 Å². The fraction of sp³-hybridized carbons (Fsp3) is 0.800. The molecule has 0 radical (unpaired) electrons. The average molecular weight is 216 g/mol. The molecule has 0 bridgehead atoms. The highest BCUT2D eigenvalue weighted by Gasteiger charge is 2.08. The number of rotatable bonds is 7. The number of carbonyl (C=O) groups is 2. The smallest absolute Gasteiger partial charge is 0.306 e. The maximum Gasteiger partial charge on any atom is 0.306 e. The van der Waals surface area contributed by atoms with Crippen LogP contribution in [0, 0.1) is 0 Å². The summed E-state index contributed by atoms with van der Waals surface area (Å²) in [5, 5.41) is 2.56. The third-order valence-electron chi connectivity index (χ3n) is 2.24. The van der Waals surface area contributed by atoms with Gasteiger partial charge < -0.3 is 15.0 Å². The highest BCUT2D eigenvalue weighted by molar-refractivity contribution is 5.75. The number of amides is 1. The minimum Gasteiger partial charge on any atom is -0.469 e. The Balaban J connectivity index is 3.73. The molecular formula is C10H20N2O3. The van der Waals surface area contributed by atoms with E-state index in [2.05, 4.69) is 10.1 Å². The zero-order valence-electron chi connectivity index (χ0n) is 9.71. The minimum absolute atomic E-state index is 0.0199. The van der Waals surface area contributed by atoms with Gasteiger partial charge in [-0.05, 0) is 6.54 Å². The fourth-order valence-electron chi connectivity index (χ4n) is 1.16. The van der Waals surface area contributed by atoms with Crippen molar-refractivity contribution in [1.29, 1.82) is 0 Å². The Morgan fingerprint density at radius 3 is 2.33 bits per heavy atom. The summed E-state index contributed by atoms with van der Waals surface area (Å²) < 4.78 is 4.55. The van der Waals surface area contributed by atoms with Gasteiger partial charge in [-0.3, -0.25) is 9.59 Å². The molecule has 0 aromatic heterocycles. The highest BCUT2D eigenvalue weighted by atomic mass is 16.5. The van der Waals surface area contributed by atoms with Gasteiger partial charge in [0, 0.05) is 26.6 Å². The lowest BCUT2D eigenvalue weighted by Crippen LogP contribution is -2.31. The number of hydrogen-bond acceptors (Lipinski definition) is 4. The molecule has 15 heavy (non-hydrogen) atoms. The first-order chi connectivity index (χ1) is 7.13. The van der Waals surface area contributed by atoms with Gasteiger partial charge >= 0.3 is 5.97 Å². The van der Waals surface area contributed by atoms with Crippen LogP contribution in [-0.4, -0.2) is 50.6 Å². The second kappa shape index (κ2) is 8.23. The molecule has 0 aliphatic carbocycles. The number of carbonyl (C=O) groups excluding carboxylic acids is 2. The summed E-state index contributed by atoms with van der Waals surface area (Å²) in [5.41, 5.74) is 0. The summed E-state index contributed by atoms with van der Waals surface area (Å²) in [5.74, 6) is -0.195. The summed E-state index contributed by atoms with van der Waals surface area (Å²) in [6, 6.07) is 0. The largest absolute Gasteiger partial charge is 0.469 e. The van der Waals surface area contributed by atoms with Gasteiger partial charge in [-0.1, -0.05) is 6.92 Å². The Kier molecular flexibility index (Phi) is 7.62. The monoisotopic (exact) mass is 216 g/mol. The van der Waals surface area contributed by atoms with E-state index in [1.807, 2.05) is 11.8 Å². The summed E-state index contributed by atoms with van der Waals surface area (Å²) in [6.07, 6.45) is 0.837. The molecule has 0 aromatic rings. The Hall–Kier alpha value is -1.10. The van der Waals surface area contributed by atoms with Gasteiger partial charge in [-0.2, -0.15) is 0 Å². The lowest BCUT2D eigenvalue weighted by molar-refractivity contribution is -0.140. The van der Waals surface area contributed by atoms with Crippen LogP contribution in [-0.2, 0) is 14.3 Å². The van der Waals surface area contributed by atoms with Crippen molar-refractivity contribution in [3.05, 3.63) is 0 Å². The van der Waals surface area contributed by atoms with Crippen LogP contribution in [0.4, 0.5) is 0 Å². The number of nitrogens with zero attached hydrogens (tertiary/aromatic N) is 1. The molecule has 0 fully saturated rings. The van der Waals surface area contributed by atoms with E-state index in [0.717, 1.165) is 6.54 Å². The quantitative estimate of drug-likeness (QED) is 0.609. The number of esters is 1. The molecule has 0 spiro atoms. The first kappa shape index (κ1) is 13.9. The Morgan fingerprint density at radius 1 is 1.27 bits per heavy atom. The predicted octanol–water partition coefficient (Wildman–Crippen LogP) is 0.00750. The number of ether oxygens (including phenoxy) is 1. The van der Waals surface area contributed by atoms with Gasteiger partial charge in [0.05, 0.1) is 13.5 Å². The molecule has 5 heteroatoms. The summed E-state index contributed by atoms with van der Waals surface area (Å²) >= 11 is 0. The van der Waals surface area contributed by atoms with Crippen LogP contribution >= 0.6 is 0 Å². The molecule has 88 valence electrons. The van der Waals surface area contributed by atoms with Crippen molar-refractivity contribution in [2.45, 2.75) is 19.8 Å². The van der Waals surface area contributed by atoms with Crippen LogP contribution in [0.15, 0.2) is 0 Å². The van der Waals surface area contributed by atoms with E-state index in [-0.39, 0.29) is 11.9 Å². The van der Waals surface area contributed by atoms with E-state index in [4.69, 9.17) is 0 Å². The maximum atomic E-state index is 11.0. The average Bonchev–Trinajstić information content (AvgIpc) is 2.28. The summed E-state index contributed by atoms with van der Waals surface area (Å²) in [4.78, 5) is 23.9. The van der Waals surface area contributed by atoms with Gasteiger partial charge in [-0.15, -0.1) is 0 Å². The number of nitrogens with one attached hydrogen (secondary N) is 1. The molecule has 0 atom stereocenters. The Morgan fingerprint density at radius 2 is 1.87 bits per heavy atom. The second-order valence-corrected chi connectivity index (χ2v) is 3.18. The third kappa shape index (κ3) is 6.90. The Labute approximate surface area is 90.8 Å². The molecule has 0 saturated carbocycles. The molecule has 0 aliphatic heterocycles. The van der Waals surface area contributed by atoms with Crippen molar-refractivity contribution < 1.29 is 14.3 Å². The highest BCUT2D eigenvalue weighted by Crippen LogP contribution is 1.95. The van der Waals surface area contributed by atoms with Crippen molar-refractivity contribution in [3.8, 4) is 0 Å². The molecule has 5 nitrogen and oxygen atoms in total. The van der Waals surface area contributed by atoms with E-state index in [0.29, 0.717) is 25.9 Å². The van der Waals surface area contributed by atoms with Crippen LogP contribution < -0.4 is 5.32 Å². The molecule has 0 unspecified atom stereocenters. The fourth-order valence-corrected chi connectivity index (χ4v) is 1.16. The minimum atomic E-state index is -0.214. The Bertz CT molecular complexity index is 187. The summed E-state index contributed by atoms with van der Waals surface area (Å²) in [6.45, 7) is 4.14. The van der Waals surface area contributed by atoms with Gasteiger partial charge in [-0.25, -0.2) is 0 Å². The predicted molar refractivity (Wildman–Crippen MR) is 57.4 cm³/mol. The van der Waals surface area contributed by atoms with Crippen molar-refractivity contribution in [3.63, 3.8) is 0 Å². The van der Waals surface area contributed by atoms with E-state index >= 15 is 0 Å². The molecule has 1 amide bonds. The standard InChI is InChI=1S/C10H20N2O3/c1-4-12(7-5-9(13)11-2)8-6-10(14)15-3/h4-8H2,1-3H3,(H,11,13). The topological polar surface area (TPSA) is 58.6 Å². The number of methoxy groups -OCH3 is 1. The third-order valence-corrected chi connectivity index (χ3v) is 2.24. The SMILES string of the molecule is CCN(CCC(=O)NC)CCC(=O)OC. The summed E-state index contributed by atoms with van der Waals surface area (Å²) in [7, 11) is 3.00. The van der Waals surface area contributed by atoms with Crippen molar-refractivity contribution in [2.24, 2.45) is 0 Å². The number of hydrogen-bond donors (Lipinski definition) is 1. The van der Waals surface area contributed by atoms with Gasteiger partial charge in [0.1, 0.15) is 0 Å². The lowest BCUT2D eigenvalue weighted by atomic mass is 10.3. The molecule has 0 rings (SSSR count). The normalized spacial score (nSPS) is 10.1. The van der Waals surface area contributed by atoms with Gasteiger partial charge in [0.15, 0.2) is 0 Å². The molecule has 0 saturated heterocycles. The van der Waals surface area contributed by atoms with Crippen LogP contribution in [0.1, 0.15) is 19.8 Å². The first-order valence-corrected chi connectivity index (χ1v) is 5.13. The van der Waals surface area contributed by atoms with Crippen LogP contribution in [0.25, 0.3) is 0 Å². The lowest BCUT2D eigenvalue weighted by Gasteiger charge is -2.18. The maximum absolute atomic E-state index is 11.0. The van der Waals surface area contributed by atoms with Crippen molar-refractivity contribution in [2.75, 3.05) is 33.8 Å². The molecular weight excluding hydrogens is 196 g/mol. The molecule has 0 aromatic carbocycles. The van der Waals surface area contributed by atoms with E-state index in [1.54, 1.807) is 7.05 Å². The van der Waals surface area contributed by atoms with Crippen molar-refractivity contribution in [1.82, 2.24) is 10.2 Å². The van der Waals surface area contributed by atoms with Gasteiger partial charge in [0.2, 0.25) is 5.91 Å². The second-order valence-electron chi connectivity index (χ2n) is 3.18.